The molecular weight excluding hydrogens is 266 g/mol. The van der Waals surface area contributed by atoms with Gasteiger partial charge < -0.3 is 4.74 Å². The molecule has 7 rings (SSSR count). The Hall–Kier alpha value is -0.450. The van der Waals surface area contributed by atoms with Crippen molar-refractivity contribution in [3.63, 3.8) is 0 Å². The highest BCUT2D eigenvalue weighted by atomic mass is 16.8. The fraction of sp³-hybridized carbons (Fsp3) is 0.941. The van der Waals surface area contributed by atoms with Gasteiger partial charge in [-0.3, -0.25) is 9.63 Å². The number of rotatable bonds is 0. The molecule has 3 saturated heterocycles. The van der Waals surface area contributed by atoms with E-state index in [0.29, 0.717) is 42.1 Å². The van der Waals surface area contributed by atoms with E-state index in [2.05, 4.69) is 5.06 Å². The van der Waals surface area contributed by atoms with Crippen LogP contribution in [0.3, 0.4) is 0 Å². The first-order chi connectivity index (χ1) is 10.2. The highest BCUT2D eigenvalue weighted by molar-refractivity contribution is 5.94. The SMILES string of the molecule is O=C1C2(CC[C@@H]3CC2C2O[C@@H]23)CCC12CC1CC2N2OC12. The van der Waals surface area contributed by atoms with Gasteiger partial charge in [-0.15, -0.1) is 0 Å². The molecule has 0 aromatic carbocycles. The van der Waals surface area contributed by atoms with Crippen molar-refractivity contribution in [2.24, 2.45) is 28.6 Å². The zero-order chi connectivity index (χ0) is 13.6. The Morgan fingerprint density at radius 3 is 2.81 bits per heavy atom. The number of ketones is 1. The Labute approximate surface area is 124 Å². The third kappa shape index (κ3) is 1.00. The maximum Gasteiger partial charge on any atom is 0.157 e. The van der Waals surface area contributed by atoms with Crippen LogP contribution in [-0.4, -0.2) is 35.3 Å². The van der Waals surface area contributed by atoms with Gasteiger partial charge in [0.1, 0.15) is 5.78 Å². The van der Waals surface area contributed by atoms with Crippen LogP contribution in [0.1, 0.15) is 44.9 Å². The summed E-state index contributed by atoms with van der Waals surface area (Å²) < 4.78 is 5.91. The molecular formula is C17H21NO3. The lowest BCUT2D eigenvalue weighted by atomic mass is 9.62. The van der Waals surface area contributed by atoms with E-state index >= 15 is 0 Å². The van der Waals surface area contributed by atoms with Crippen LogP contribution in [0.5, 0.6) is 0 Å². The van der Waals surface area contributed by atoms with Gasteiger partial charge in [0, 0.05) is 22.7 Å². The van der Waals surface area contributed by atoms with Crippen LogP contribution in [0.4, 0.5) is 0 Å². The number of ether oxygens (including phenoxy) is 1. The largest absolute Gasteiger partial charge is 0.369 e. The Morgan fingerprint density at radius 2 is 1.95 bits per heavy atom. The molecule has 4 aliphatic carbocycles. The first kappa shape index (κ1) is 11.1. The summed E-state index contributed by atoms with van der Waals surface area (Å²) in [6, 6.07) is 0.411. The number of carbonyl (C=O) groups excluding carboxylic acids is 1. The molecule has 3 heterocycles. The third-order valence-electron chi connectivity index (χ3n) is 8.51. The van der Waals surface area contributed by atoms with Gasteiger partial charge in [-0.05, 0) is 50.9 Å². The van der Waals surface area contributed by atoms with Gasteiger partial charge in [0.05, 0.1) is 18.2 Å². The fourth-order valence-electron chi connectivity index (χ4n) is 7.56. The fourth-order valence-corrected chi connectivity index (χ4v) is 7.56. The summed E-state index contributed by atoms with van der Waals surface area (Å²) in [7, 11) is 0. The monoisotopic (exact) mass is 287 g/mol. The minimum atomic E-state index is -0.0442. The van der Waals surface area contributed by atoms with Crippen molar-refractivity contribution in [3.8, 4) is 0 Å². The van der Waals surface area contributed by atoms with Crippen LogP contribution in [0.2, 0.25) is 0 Å². The first-order valence-corrected chi connectivity index (χ1v) is 8.88. The summed E-state index contributed by atoms with van der Waals surface area (Å²) in [4.78, 5) is 19.4. The number of epoxide rings is 1. The van der Waals surface area contributed by atoms with E-state index in [-0.39, 0.29) is 10.8 Å². The van der Waals surface area contributed by atoms with Crippen molar-refractivity contribution in [1.29, 1.82) is 0 Å². The second-order valence-corrected chi connectivity index (χ2v) is 8.92. The Bertz CT molecular complexity index is 593. The Balaban J connectivity index is 1.32. The van der Waals surface area contributed by atoms with Gasteiger partial charge >= 0.3 is 0 Å². The topological polar surface area (TPSA) is 45.1 Å². The molecule has 3 aliphatic heterocycles. The molecule has 7 fully saturated rings. The molecule has 4 saturated carbocycles. The molecule has 0 N–H and O–H groups in total. The maximum absolute atomic E-state index is 13.7. The van der Waals surface area contributed by atoms with Crippen LogP contribution in [0, 0.1) is 28.6 Å². The van der Waals surface area contributed by atoms with Crippen molar-refractivity contribution in [1.82, 2.24) is 5.06 Å². The lowest BCUT2D eigenvalue weighted by Gasteiger charge is -2.42. The Morgan fingerprint density at radius 1 is 1.05 bits per heavy atom. The van der Waals surface area contributed by atoms with E-state index in [1.54, 1.807) is 0 Å². The van der Waals surface area contributed by atoms with Crippen molar-refractivity contribution in [2.75, 3.05) is 0 Å². The lowest BCUT2D eigenvalue weighted by Crippen LogP contribution is -2.48. The molecule has 7 aliphatic rings. The van der Waals surface area contributed by atoms with Crippen molar-refractivity contribution in [2.45, 2.75) is 69.4 Å². The van der Waals surface area contributed by atoms with Crippen LogP contribution >= 0.6 is 0 Å². The molecule has 0 radical (unpaired) electrons. The quantitative estimate of drug-likeness (QED) is 0.638. The van der Waals surface area contributed by atoms with Crippen molar-refractivity contribution < 1.29 is 14.4 Å². The van der Waals surface area contributed by atoms with Gasteiger partial charge in [-0.2, -0.15) is 5.06 Å². The van der Waals surface area contributed by atoms with Gasteiger partial charge in [0.25, 0.3) is 0 Å². The molecule has 0 aromatic rings. The van der Waals surface area contributed by atoms with E-state index < -0.39 is 0 Å². The summed E-state index contributed by atoms with van der Waals surface area (Å²) in [5.74, 6) is 2.60. The zero-order valence-corrected chi connectivity index (χ0v) is 12.2. The Kier molecular flexibility index (Phi) is 1.58. The number of nitrogens with zero attached hydrogens (tertiary/aromatic N) is 1. The van der Waals surface area contributed by atoms with Gasteiger partial charge in [0.2, 0.25) is 0 Å². The van der Waals surface area contributed by atoms with Gasteiger partial charge in [-0.25, -0.2) is 0 Å². The summed E-state index contributed by atoms with van der Waals surface area (Å²) in [6.45, 7) is 0. The number of fused-ring (bicyclic) bond motifs is 12. The van der Waals surface area contributed by atoms with Crippen LogP contribution in [0.15, 0.2) is 0 Å². The highest BCUT2D eigenvalue weighted by Gasteiger charge is 2.77. The normalized spacial score (nSPS) is 71.5. The van der Waals surface area contributed by atoms with Crippen molar-refractivity contribution >= 4 is 5.78 Å². The summed E-state index contributed by atoms with van der Waals surface area (Å²) in [5.41, 5.74) is -0.0557. The second kappa shape index (κ2) is 2.98. The van der Waals surface area contributed by atoms with Gasteiger partial charge in [0.15, 0.2) is 6.23 Å². The molecule has 10 atom stereocenters. The van der Waals surface area contributed by atoms with E-state index in [0.717, 1.165) is 31.6 Å². The summed E-state index contributed by atoms with van der Waals surface area (Å²) in [6.07, 6.45) is 9.59. The number of piperidine rings is 1. The van der Waals surface area contributed by atoms with E-state index in [1.165, 1.54) is 19.3 Å². The van der Waals surface area contributed by atoms with Gasteiger partial charge in [-0.1, -0.05) is 0 Å². The third-order valence-corrected chi connectivity index (χ3v) is 8.51. The number of hydrogen-bond donors (Lipinski definition) is 0. The standard InChI is InChI=1S/C17H21NO3/c19-15-16(2-1-8-5-10(16)13-12(8)20-13)3-4-17(15)7-9-6-11(17)18-14(9)21-18/h8-14H,1-7H2/t8-,9?,10?,11?,12-,13?,14?,16?,17?,18?/m1/s1. The summed E-state index contributed by atoms with van der Waals surface area (Å²) >= 11 is 0. The number of hydroxylamine groups is 2. The number of Topliss-reactive ketones (excluding diaryl/α,β-unsaturated/α-hetero) is 1. The molecule has 0 aromatic heterocycles. The van der Waals surface area contributed by atoms with Crippen molar-refractivity contribution in [3.05, 3.63) is 0 Å². The smallest absolute Gasteiger partial charge is 0.157 e. The molecule has 112 valence electrons. The average Bonchev–Trinajstić information content (AvgIpc) is 3.37. The maximum atomic E-state index is 13.7. The molecule has 4 heteroatoms. The molecule has 4 bridgehead atoms. The molecule has 8 unspecified atom stereocenters. The zero-order valence-electron chi connectivity index (χ0n) is 12.2. The van der Waals surface area contributed by atoms with Crippen LogP contribution < -0.4 is 0 Å². The predicted octanol–water partition coefficient (Wildman–Crippen LogP) is 1.88. The minimum absolute atomic E-state index is 0.0115. The average molecular weight is 287 g/mol. The first-order valence-electron chi connectivity index (χ1n) is 8.88. The molecule has 2 spiro atoms. The lowest BCUT2D eigenvalue weighted by molar-refractivity contribution is -0.142. The summed E-state index contributed by atoms with van der Waals surface area (Å²) in [5, 5.41) is 2.17. The number of hydrogen-bond acceptors (Lipinski definition) is 4. The molecule has 4 nitrogen and oxygen atoms in total. The minimum Gasteiger partial charge on any atom is -0.369 e. The van der Waals surface area contributed by atoms with E-state index in [1.807, 2.05) is 0 Å². The van der Waals surface area contributed by atoms with Crippen LogP contribution in [0.25, 0.3) is 0 Å². The molecule has 0 amide bonds. The van der Waals surface area contributed by atoms with Crippen LogP contribution in [-0.2, 0) is 14.4 Å². The van der Waals surface area contributed by atoms with E-state index in [4.69, 9.17) is 9.57 Å². The highest BCUT2D eigenvalue weighted by Crippen LogP contribution is 2.72. The predicted molar refractivity (Wildman–Crippen MR) is 71.8 cm³/mol. The van der Waals surface area contributed by atoms with E-state index in [9.17, 15) is 4.79 Å². The number of carbonyl (C=O) groups is 1. The molecule has 21 heavy (non-hydrogen) atoms. The second-order valence-electron chi connectivity index (χ2n) is 8.92.